The fourth-order valence-electron chi connectivity index (χ4n) is 2.09. The fourth-order valence-corrected chi connectivity index (χ4v) is 2.45. The molecule has 0 radical (unpaired) electrons. The molecule has 2 amide bonds. The van der Waals surface area contributed by atoms with Crippen LogP contribution in [0.25, 0.3) is 0 Å². The van der Waals surface area contributed by atoms with Crippen molar-refractivity contribution in [1.29, 1.82) is 0 Å². The quantitative estimate of drug-likeness (QED) is 0.769. The molecule has 0 bridgehead atoms. The van der Waals surface area contributed by atoms with E-state index in [-0.39, 0.29) is 0 Å². The van der Waals surface area contributed by atoms with Crippen LogP contribution in [0.4, 0.5) is 4.79 Å². The van der Waals surface area contributed by atoms with Gasteiger partial charge >= 0.3 is 6.03 Å². The van der Waals surface area contributed by atoms with Gasteiger partial charge < -0.3 is 5.73 Å². The van der Waals surface area contributed by atoms with Crippen LogP contribution in [0.3, 0.4) is 0 Å². The van der Waals surface area contributed by atoms with Gasteiger partial charge in [0.05, 0.1) is 5.71 Å². The topological polar surface area (TPSA) is 67.5 Å². The fraction of sp³-hybridized carbons (Fsp3) is 0.333. The first-order valence-corrected chi connectivity index (χ1v) is 6.29. The third-order valence-electron chi connectivity index (χ3n) is 2.97. The number of halogens is 1. The monoisotopic (exact) mass is 295 g/mol. The molecule has 1 unspecified atom stereocenters. The molecule has 2 rings (SSSR count). The van der Waals surface area contributed by atoms with Gasteiger partial charge in [-0.15, -0.1) is 0 Å². The highest BCUT2D eigenvalue weighted by molar-refractivity contribution is 9.10. The van der Waals surface area contributed by atoms with Crippen molar-refractivity contribution in [3.63, 3.8) is 0 Å². The van der Waals surface area contributed by atoms with Gasteiger partial charge in [-0.25, -0.2) is 10.2 Å². The van der Waals surface area contributed by atoms with E-state index in [9.17, 15) is 4.79 Å². The zero-order chi connectivity index (χ0) is 12.4. The molecule has 1 atom stereocenters. The summed E-state index contributed by atoms with van der Waals surface area (Å²) >= 11 is 3.45. The number of fused-ring (bicyclic) bond motifs is 1. The van der Waals surface area contributed by atoms with Crippen molar-refractivity contribution >= 4 is 27.7 Å². The number of benzene rings is 1. The average molecular weight is 296 g/mol. The molecule has 5 heteroatoms. The molecule has 17 heavy (non-hydrogen) atoms. The number of rotatable bonds is 1. The molecule has 0 saturated heterocycles. The van der Waals surface area contributed by atoms with Crippen molar-refractivity contribution in [1.82, 2.24) is 5.43 Å². The van der Waals surface area contributed by atoms with Crippen LogP contribution >= 0.6 is 15.9 Å². The summed E-state index contributed by atoms with van der Waals surface area (Å²) in [5.74, 6) is 0.519. The van der Waals surface area contributed by atoms with E-state index in [0.29, 0.717) is 5.92 Å². The molecule has 1 aromatic rings. The molecule has 90 valence electrons. The third-order valence-corrected chi connectivity index (χ3v) is 3.47. The van der Waals surface area contributed by atoms with E-state index in [0.717, 1.165) is 28.6 Å². The number of hydrogen-bond acceptors (Lipinski definition) is 2. The number of primary amides is 1. The number of urea groups is 1. The Balaban J connectivity index is 2.40. The van der Waals surface area contributed by atoms with Crippen molar-refractivity contribution in [3.05, 3.63) is 33.8 Å². The molecule has 1 aromatic carbocycles. The summed E-state index contributed by atoms with van der Waals surface area (Å²) in [4.78, 5) is 10.7. The zero-order valence-corrected chi connectivity index (χ0v) is 11.1. The van der Waals surface area contributed by atoms with Crippen molar-refractivity contribution < 1.29 is 4.79 Å². The van der Waals surface area contributed by atoms with E-state index in [1.807, 2.05) is 12.1 Å². The second-order valence-corrected chi connectivity index (χ2v) is 5.12. The summed E-state index contributed by atoms with van der Waals surface area (Å²) in [6, 6.07) is 5.53. The molecule has 0 spiro atoms. The van der Waals surface area contributed by atoms with E-state index in [1.165, 1.54) is 5.56 Å². The number of nitrogens with one attached hydrogen (secondary N) is 1. The molecule has 0 saturated carbocycles. The van der Waals surface area contributed by atoms with E-state index >= 15 is 0 Å². The van der Waals surface area contributed by atoms with Gasteiger partial charge in [0.15, 0.2) is 0 Å². The maximum Gasteiger partial charge on any atom is 0.332 e. The number of hydrazone groups is 1. The molecule has 4 nitrogen and oxygen atoms in total. The number of carbonyl (C=O) groups excluding carboxylic acids is 1. The van der Waals surface area contributed by atoms with Crippen LogP contribution in [0, 0.1) is 0 Å². The molecule has 1 aliphatic carbocycles. The number of nitrogens with zero attached hydrogens (tertiary/aromatic N) is 1. The Kier molecular flexibility index (Phi) is 3.47. The predicted molar refractivity (Wildman–Crippen MR) is 71.0 cm³/mol. The summed E-state index contributed by atoms with van der Waals surface area (Å²) in [6.45, 7) is 2.20. The Morgan fingerprint density at radius 1 is 1.59 bits per heavy atom. The van der Waals surface area contributed by atoms with Crippen molar-refractivity contribution in [2.24, 2.45) is 10.8 Å². The number of nitrogens with two attached hydrogens (primary N) is 1. The van der Waals surface area contributed by atoms with Crippen LogP contribution in [0.5, 0.6) is 0 Å². The Hall–Kier alpha value is -1.36. The Bertz CT molecular complexity index is 485. The molecule has 0 aliphatic heterocycles. The highest BCUT2D eigenvalue weighted by atomic mass is 79.9. The van der Waals surface area contributed by atoms with Gasteiger partial charge in [-0.1, -0.05) is 28.9 Å². The summed E-state index contributed by atoms with van der Waals surface area (Å²) in [5, 5.41) is 4.07. The molecular weight excluding hydrogens is 282 g/mol. The van der Waals surface area contributed by atoms with Crippen molar-refractivity contribution in [3.8, 4) is 0 Å². The molecule has 0 heterocycles. The van der Waals surface area contributed by atoms with Crippen LogP contribution in [0.2, 0.25) is 0 Å². The lowest BCUT2D eigenvalue weighted by molar-refractivity contribution is 0.249. The maximum atomic E-state index is 10.7. The molecular formula is C12H14BrN3O. The minimum Gasteiger partial charge on any atom is -0.350 e. The van der Waals surface area contributed by atoms with Gasteiger partial charge in [0, 0.05) is 10.0 Å². The lowest BCUT2D eigenvalue weighted by atomic mass is 9.83. The third kappa shape index (κ3) is 2.66. The molecule has 3 N–H and O–H groups in total. The van der Waals surface area contributed by atoms with E-state index < -0.39 is 6.03 Å². The first-order chi connectivity index (χ1) is 8.08. The van der Waals surface area contributed by atoms with Crippen LogP contribution in [0.15, 0.2) is 27.8 Å². The summed E-state index contributed by atoms with van der Waals surface area (Å²) in [7, 11) is 0. The van der Waals surface area contributed by atoms with E-state index in [1.54, 1.807) is 0 Å². The lowest BCUT2D eigenvalue weighted by Gasteiger charge is -2.23. The van der Waals surface area contributed by atoms with Gasteiger partial charge in [-0.2, -0.15) is 5.10 Å². The largest absolute Gasteiger partial charge is 0.350 e. The van der Waals surface area contributed by atoms with Crippen LogP contribution in [-0.4, -0.2) is 11.7 Å². The van der Waals surface area contributed by atoms with Gasteiger partial charge in [-0.05, 0) is 36.5 Å². The van der Waals surface area contributed by atoms with Crippen LogP contribution in [-0.2, 0) is 0 Å². The van der Waals surface area contributed by atoms with Gasteiger partial charge in [0.2, 0.25) is 0 Å². The second-order valence-electron chi connectivity index (χ2n) is 4.21. The Morgan fingerprint density at radius 3 is 3.06 bits per heavy atom. The van der Waals surface area contributed by atoms with Crippen molar-refractivity contribution in [2.45, 2.75) is 25.7 Å². The summed E-state index contributed by atoms with van der Waals surface area (Å²) in [5.41, 5.74) is 10.6. The van der Waals surface area contributed by atoms with E-state index in [4.69, 9.17) is 5.73 Å². The van der Waals surface area contributed by atoms with Gasteiger partial charge in [-0.3, -0.25) is 0 Å². The first-order valence-electron chi connectivity index (χ1n) is 5.49. The number of carbonyl (C=O) groups is 1. The standard InChI is InChI=1S/C12H14BrN3O/c1-7-2-5-11(15-16-12(14)17)10-6-8(13)3-4-9(7)10/h3-4,6-7H,2,5H2,1H3,(H3,14,16,17)/b15-11+. The van der Waals surface area contributed by atoms with Gasteiger partial charge in [0.25, 0.3) is 0 Å². The Labute approximate surface area is 108 Å². The predicted octanol–water partition coefficient (Wildman–Crippen LogP) is 2.72. The summed E-state index contributed by atoms with van der Waals surface area (Å²) < 4.78 is 1.01. The second kappa shape index (κ2) is 4.87. The SMILES string of the molecule is CC1CC/C(=N\NC(N)=O)c2cc(Br)ccc21. The van der Waals surface area contributed by atoms with Crippen LogP contribution in [0.1, 0.15) is 36.8 Å². The highest BCUT2D eigenvalue weighted by Crippen LogP contribution is 2.32. The smallest absolute Gasteiger partial charge is 0.332 e. The van der Waals surface area contributed by atoms with E-state index in [2.05, 4.69) is 39.4 Å². The lowest BCUT2D eigenvalue weighted by Crippen LogP contribution is -2.27. The number of amides is 2. The van der Waals surface area contributed by atoms with Crippen molar-refractivity contribution in [2.75, 3.05) is 0 Å². The normalized spacial score (nSPS) is 21.1. The zero-order valence-electron chi connectivity index (χ0n) is 9.53. The Morgan fingerprint density at radius 2 is 2.35 bits per heavy atom. The minimum absolute atomic E-state index is 0.519. The molecule has 0 aromatic heterocycles. The number of hydrogen-bond donors (Lipinski definition) is 2. The van der Waals surface area contributed by atoms with Crippen LogP contribution < -0.4 is 11.2 Å². The molecule has 0 fully saturated rings. The van der Waals surface area contributed by atoms with Gasteiger partial charge in [0.1, 0.15) is 0 Å². The first kappa shape index (κ1) is 12.1. The minimum atomic E-state index is -0.632. The maximum absolute atomic E-state index is 10.7. The molecule has 1 aliphatic rings. The highest BCUT2D eigenvalue weighted by Gasteiger charge is 2.21. The average Bonchev–Trinajstić information content (AvgIpc) is 2.28. The summed E-state index contributed by atoms with van der Waals surface area (Å²) in [6.07, 6.45) is 1.89.